The van der Waals surface area contributed by atoms with Gasteiger partial charge in [0.15, 0.2) is 0 Å². The molecule has 0 aromatic heterocycles. The second-order valence-corrected chi connectivity index (χ2v) is 5.35. The summed E-state index contributed by atoms with van der Waals surface area (Å²) in [4.78, 5) is 33.9. The third-order valence-corrected chi connectivity index (χ3v) is 4.12. The molecule has 2 bridgehead atoms. The van der Waals surface area contributed by atoms with Crippen molar-refractivity contribution in [1.29, 1.82) is 0 Å². The minimum Gasteiger partial charge on any atom is -0.481 e. The highest BCUT2D eigenvalue weighted by atomic mass is 16.5. The minimum absolute atomic E-state index is 0.185. The Morgan fingerprint density at radius 3 is 2.26 bits per heavy atom. The summed E-state index contributed by atoms with van der Waals surface area (Å²) < 4.78 is 5.20. The van der Waals surface area contributed by atoms with E-state index >= 15 is 0 Å². The summed E-state index contributed by atoms with van der Waals surface area (Å²) in [6.45, 7) is 4.95. The van der Waals surface area contributed by atoms with E-state index in [0.717, 1.165) is 0 Å². The molecule has 0 heterocycles. The van der Waals surface area contributed by atoms with Crippen molar-refractivity contribution in [1.82, 2.24) is 0 Å². The number of aliphatic carboxylic acids is 2. The van der Waals surface area contributed by atoms with Crippen LogP contribution in [0.1, 0.15) is 19.8 Å². The Hall–Kier alpha value is -1.85. The first-order valence-electron chi connectivity index (χ1n) is 6.15. The average Bonchev–Trinajstić information content (AvgIpc) is 2.85. The van der Waals surface area contributed by atoms with E-state index in [-0.39, 0.29) is 11.5 Å². The Kier molecular flexibility index (Phi) is 3.34. The molecular weight excluding hydrogens is 252 g/mol. The highest BCUT2D eigenvalue weighted by Crippen LogP contribution is 2.53. The lowest BCUT2D eigenvalue weighted by Crippen LogP contribution is -2.42. The zero-order valence-corrected chi connectivity index (χ0v) is 10.5. The van der Waals surface area contributed by atoms with Gasteiger partial charge in [-0.3, -0.25) is 9.59 Å². The summed E-state index contributed by atoms with van der Waals surface area (Å²) in [6.07, 6.45) is 0.127. The van der Waals surface area contributed by atoms with Crippen LogP contribution in [0.2, 0.25) is 0 Å². The quantitative estimate of drug-likeness (QED) is 0.580. The fraction of sp³-hybridized carbons (Fsp3) is 0.615. The second kappa shape index (κ2) is 4.68. The van der Waals surface area contributed by atoms with Gasteiger partial charge in [-0.1, -0.05) is 6.58 Å². The predicted molar refractivity (Wildman–Crippen MR) is 63.2 cm³/mol. The molecule has 0 radical (unpaired) electrons. The molecule has 104 valence electrons. The van der Waals surface area contributed by atoms with Crippen molar-refractivity contribution >= 4 is 17.9 Å². The Balaban J connectivity index is 2.18. The van der Waals surface area contributed by atoms with Crippen LogP contribution in [0.15, 0.2) is 12.2 Å². The molecule has 6 nitrogen and oxygen atoms in total. The maximum atomic E-state index is 11.5. The molecule has 5 unspecified atom stereocenters. The topological polar surface area (TPSA) is 101 Å². The lowest BCUT2D eigenvalue weighted by molar-refractivity contribution is -0.163. The van der Waals surface area contributed by atoms with Crippen molar-refractivity contribution < 1.29 is 29.3 Å². The molecule has 2 aliphatic carbocycles. The summed E-state index contributed by atoms with van der Waals surface area (Å²) in [6, 6.07) is 0. The molecule has 2 rings (SSSR count). The van der Waals surface area contributed by atoms with Crippen molar-refractivity contribution in [3.63, 3.8) is 0 Å². The predicted octanol–water partition coefficient (Wildman–Crippen LogP) is 0.916. The van der Waals surface area contributed by atoms with Crippen molar-refractivity contribution in [3.8, 4) is 0 Å². The van der Waals surface area contributed by atoms with Crippen LogP contribution >= 0.6 is 0 Å². The largest absolute Gasteiger partial charge is 0.481 e. The van der Waals surface area contributed by atoms with Gasteiger partial charge in [0.25, 0.3) is 0 Å². The molecule has 0 amide bonds. The first-order valence-corrected chi connectivity index (χ1v) is 6.15. The molecule has 0 aromatic rings. The normalized spacial score (nSPS) is 35.9. The van der Waals surface area contributed by atoms with E-state index in [4.69, 9.17) is 9.84 Å². The Morgan fingerprint density at radius 2 is 1.79 bits per heavy atom. The van der Waals surface area contributed by atoms with Crippen molar-refractivity contribution in [3.05, 3.63) is 12.2 Å². The van der Waals surface area contributed by atoms with Gasteiger partial charge in [0.05, 0.1) is 11.8 Å². The number of carboxylic acid groups (broad SMARTS) is 2. The van der Waals surface area contributed by atoms with Gasteiger partial charge in [-0.05, 0) is 31.6 Å². The zero-order chi connectivity index (χ0) is 14.3. The van der Waals surface area contributed by atoms with Crippen LogP contribution in [0.25, 0.3) is 0 Å². The van der Waals surface area contributed by atoms with Gasteiger partial charge in [0.2, 0.25) is 0 Å². The number of hydrogen-bond acceptors (Lipinski definition) is 4. The van der Waals surface area contributed by atoms with Crippen molar-refractivity contribution in [2.45, 2.75) is 25.9 Å². The fourth-order valence-electron chi connectivity index (χ4n) is 3.31. The van der Waals surface area contributed by atoms with Crippen molar-refractivity contribution in [2.75, 3.05) is 0 Å². The van der Waals surface area contributed by atoms with E-state index in [1.165, 1.54) is 6.92 Å². The van der Waals surface area contributed by atoms with E-state index in [1.54, 1.807) is 0 Å². The molecule has 2 fully saturated rings. The number of carboxylic acids is 2. The fourth-order valence-corrected chi connectivity index (χ4v) is 3.31. The molecule has 0 saturated heterocycles. The van der Waals surface area contributed by atoms with Gasteiger partial charge in [-0.25, -0.2) is 4.79 Å². The van der Waals surface area contributed by atoms with E-state index in [9.17, 15) is 19.5 Å². The van der Waals surface area contributed by atoms with Crippen LogP contribution in [0.4, 0.5) is 0 Å². The van der Waals surface area contributed by atoms with Gasteiger partial charge in [-0.2, -0.15) is 0 Å². The number of carbonyl (C=O) groups excluding carboxylic acids is 1. The number of carbonyl (C=O) groups is 3. The summed E-state index contributed by atoms with van der Waals surface area (Å²) in [5.41, 5.74) is 0.210. The van der Waals surface area contributed by atoms with E-state index in [1.807, 2.05) is 0 Å². The van der Waals surface area contributed by atoms with Gasteiger partial charge in [0.1, 0.15) is 6.10 Å². The number of ether oxygens (including phenoxy) is 1. The SMILES string of the molecule is C=C(C)C(=O)OC1C2CC(C(=O)O)C(C2)C1C(=O)O. The number of fused-ring (bicyclic) bond motifs is 2. The molecule has 0 aliphatic heterocycles. The van der Waals surface area contributed by atoms with Gasteiger partial charge >= 0.3 is 17.9 Å². The van der Waals surface area contributed by atoms with E-state index in [0.29, 0.717) is 12.8 Å². The van der Waals surface area contributed by atoms with Gasteiger partial charge in [0, 0.05) is 5.57 Å². The first kappa shape index (κ1) is 13.6. The van der Waals surface area contributed by atoms with E-state index < -0.39 is 41.8 Å². The van der Waals surface area contributed by atoms with Crippen molar-refractivity contribution in [2.24, 2.45) is 23.7 Å². The average molecular weight is 268 g/mol. The summed E-state index contributed by atoms with van der Waals surface area (Å²) in [7, 11) is 0. The molecule has 0 aromatic carbocycles. The molecule has 19 heavy (non-hydrogen) atoms. The molecule has 2 aliphatic rings. The Labute approximate surface area is 110 Å². The van der Waals surface area contributed by atoms with Crippen LogP contribution in [-0.4, -0.2) is 34.2 Å². The lowest BCUT2D eigenvalue weighted by Gasteiger charge is -2.31. The standard InChI is InChI=1S/C13H16O6/c1-5(2)13(18)19-10-6-3-7(9(10)12(16)17)8(4-6)11(14)15/h6-10H,1,3-4H2,2H3,(H,14,15)(H,16,17). The maximum Gasteiger partial charge on any atom is 0.333 e. The molecule has 6 heteroatoms. The molecule has 5 atom stereocenters. The smallest absolute Gasteiger partial charge is 0.333 e. The summed E-state index contributed by atoms with van der Waals surface area (Å²) >= 11 is 0. The molecular formula is C13H16O6. The number of rotatable bonds is 4. The summed E-state index contributed by atoms with van der Waals surface area (Å²) in [5, 5.41) is 18.3. The maximum absolute atomic E-state index is 11.5. The monoisotopic (exact) mass is 268 g/mol. The minimum atomic E-state index is -1.10. The van der Waals surface area contributed by atoms with Crippen LogP contribution in [0.3, 0.4) is 0 Å². The summed E-state index contributed by atoms with van der Waals surface area (Å²) in [5.74, 6) is -4.90. The zero-order valence-electron chi connectivity index (χ0n) is 10.5. The molecule has 2 saturated carbocycles. The van der Waals surface area contributed by atoms with Crippen LogP contribution in [0, 0.1) is 23.7 Å². The molecule has 0 spiro atoms. The molecule has 2 N–H and O–H groups in total. The highest BCUT2D eigenvalue weighted by molar-refractivity contribution is 5.87. The van der Waals surface area contributed by atoms with Gasteiger partial charge < -0.3 is 14.9 Å². The van der Waals surface area contributed by atoms with Crippen LogP contribution in [-0.2, 0) is 19.1 Å². The van der Waals surface area contributed by atoms with Crippen LogP contribution < -0.4 is 0 Å². The Morgan fingerprint density at radius 1 is 1.16 bits per heavy atom. The third-order valence-electron chi connectivity index (χ3n) is 4.12. The van der Waals surface area contributed by atoms with E-state index in [2.05, 4.69) is 6.58 Å². The lowest BCUT2D eigenvalue weighted by atomic mass is 9.79. The number of esters is 1. The highest BCUT2D eigenvalue weighted by Gasteiger charge is 2.59. The second-order valence-electron chi connectivity index (χ2n) is 5.35. The van der Waals surface area contributed by atoms with Gasteiger partial charge in [-0.15, -0.1) is 0 Å². The Bertz CT molecular complexity index is 454. The van der Waals surface area contributed by atoms with Crippen LogP contribution in [0.5, 0.6) is 0 Å². The third kappa shape index (κ3) is 2.22. The number of hydrogen-bond donors (Lipinski definition) is 2. The first-order chi connectivity index (χ1) is 8.82.